The van der Waals surface area contributed by atoms with Crippen molar-refractivity contribution in [1.29, 1.82) is 0 Å². The number of hydrogen-bond acceptors (Lipinski definition) is 4. The molecular formula is C12H19N5O2. The first kappa shape index (κ1) is 13.5. The Morgan fingerprint density at radius 1 is 1.37 bits per heavy atom. The summed E-state index contributed by atoms with van der Waals surface area (Å²) in [6, 6.07) is 0.284. The van der Waals surface area contributed by atoms with Gasteiger partial charge in [0.1, 0.15) is 6.54 Å². The first-order valence-corrected chi connectivity index (χ1v) is 6.60. The van der Waals surface area contributed by atoms with Crippen molar-refractivity contribution in [3.63, 3.8) is 0 Å². The van der Waals surface area contributed by atoms with Gasteiger partial charge >= 0.3 is 0 Å². The Morgan fingerprint density at radius 2 is 2.11 bits per heavy atom. The van der Waals surface area contributed by atoms with Crippen LogP contribution in [0.15, 0.2) is 6.20 Å². The van der Waals surface area contributed by atoms with Gasteiger partial charge in [0.15, 0.2) is 5.82 Å². The number of aromatic nitrogens is 3. The highest BCUT2D eigenvalue weighted by Gasteiger charge is 2.16. The average molecular weight is 265 g/mol. The van der Waals surface area contributed by atoms with Crippen LogP contribution in [0.25, 0.3) is 0 Å². The Labute approximate surface area is 111 Å². The van der Waals surface area contributed by atoms with Crippen molar-refractivity contribution in [2.75, 3.05) is 5.32 Å². The zero-order valence-electron chi connectivity index (χ0n) is 11.1. The zero-order valence-corrected chi connectivity index (χ0v) is 11.1. The molecule has 2 amide bonds. The fraction of sp³-hybridized carbons (Fsp3) is 0.667. The molecule has 1 heterocycles. The van der Waals surface area contributed by atoms with Crippen molar-refractivity contribution in [3.8, 4) is 0 Å². The predicted molar refractivity (Wildman–Crippen MR) is 69.3 cm³/mol. The van der Waals surface area contributed by atoms with Gasteiger partial charge in [0.25, 0.3) is 0 Å². The topological polar surface area (TPSA) is 88.9 Å². The predicted octanol–water partition coefficient (Wildman–Crippen LogP) is 0.685. The van der Waals surface area contributed by atoms with Gasteiger partial charge in [0, 0.05) is 13.0 Å². The monoisotopic (exact) mass is 265 g/mol. The fourth-order valence-corrected chi connectivity index (χ4v) is 2.26. The lowest BCUT2D eigenvalue weighted by atomic mass is 9.95. The van der Waals surface area contributed by atoms with E-state index in [0.717, 1.165) is 12.8 Å². The van der Waals surface area contributed by atoms with E-state index in [4.69, 9.17) is 0 Å². The smallest absolute Gasteiger partial charge is 0.243 e. The van der Waals surface area contributed by atoms with Gasteiger partial charge in [-0.05, 0) is 12.8 Å². The zero-order chi connectivity index (χ0) is 13.7. The number of anilines is 1. The molecule has 1 aromatic rings. The number of carbonyl (C=O) groups excluding carboxylic acids is 2. The molecule has 1 aromatic heterocycles. The summed E-state index contributed by atoms with van der Waals surface area (Å²) in [5.41, 5.74) is 0. The number of rotatable bonds is 4. The van der Waals surface area contributed by atoms with Crippen LogP contribution in [0.2, 0.25) is 0 Å². The second-order valence-electron chi connectivity index (χ2n) is 4.84. The fourth-order valence-electron chi connectivity index (χ4n) is 2.26. The molecule has 2 N–H and O–H groups in total. The molecule has 0 radical (unpaired) electrons. The summed E-state index contributed by atoms with van der Waals surface area (Å²) in [7, 11) is 0. The van der Waals surface area contributed by atoms with Gasteiger partial charge < -0.3 is 10.6 Å². The third kappa shape index (κ3) is 4.35. The van der Waals surface area contributed by atoms with Crippen LogP contribution in [0.3, 0.4) is 0 Å². The first-order valence-electron chi connectivity index (χ1n) is 6.60. The summed E-state index contributed by atoms with van der Waals surface area (Å²) in [4.78, 5) is 23.9. The molecule has 0 aliphatic heterocycles. The van der Waals surface area contributed by atoms with Crippen molar-refractivity contribution >= 4 is 17.6 Å². The molecule has 1 aliphatic carbocycles. The maximum absolute atomic E-state index is 11.8. The van der Waals surface area contributed by atoms with Gasteiger partial charge in [0.2, 0.25) is 11.8 Å². The van der Waals surface area contributed by atoms with Crippen LogP contribution < -0.4 is 10.6 Å². The van der Waals surface area contributed by atoms with Crippen LogP contribution >= 0.6 is 0 Å². The van der Waals surface area contributed by atoms with Crippen molar-refractivity contribution in [1.82, 2.24) is 20.3 Å². The summed E-state index contributed by atoms with van der Waals surface area (Å²) in [5.74, 6) is 0.0635. The van der Waals surface area contributed by atoms with Gasteiger partial charge in [-0.1, -0.05) is 19.3 Å². The van der Waals surface area contributed by atoms with Crippen LogP contribution in [0, 0.1) is 0 Å². The third-order valence-corrected chi connectivity index (χ3v) is 3.10. The highest BCUT2D eigenvalue weighted by Crippen LogP contribution is 2.17. The maximum atomic E-state index is 11.8. The molecule has 0 bridgehead atoms. The number of carbonyl (C=O) groups is 2. The van der Waals surface area contributed by atoms with E-state index < -0.39 is 0 Å². The Kier molecular flexibility index (Phi) is 4.48. The number of amides is 2. The Morgan fingerprint density at radius 3 is 2.79 bits per heavy atom. The summed E-state index contributed by atoms with van der Waals surface area (Å²) in [6.07, 6.45) is 7.14. The second kappa shape index (κ2) is 6.31. The minimum atomic E-state index is -0.210. The Bertz CT molecular complexity index is 451. The highest BCUT2D eigenvalue weighted by molar-refractivity contribution is 5.87. The van der Waals surface area contributed by atoms with Crippen LogP contribution in [0.4, 0.5) is 5.82 Å². The lowest BCUT2D eigenvalue weighted by Gasteiger charge is -2.22. The molecular weight excluding hydrogens is 246 g/mol. The molecule has 1 fully saturated rings. The van der Waals surface area contributed by atoms with Crippen LogP contribution in [0.1, 0.15) is 39.0 Å². The molecule has 19 heavy (non-hydrogen) atoms. The van der Waals surface area contributed by atoms with Crippen molar-refractivity contribution in [2.24, 2.45) is 0 Å². The number of nitrogens with one attached hydrogen (secondary N) is 2. The molecule has 0 aromatic carbocycles. The lowest BCUT2D eigenvalue weighted by Crippen LogP contribution is -2.38. The van der Waals surface area contributed by atoms with E-state index in [1.54, 1.807) is 0 Å². The van der Waals surface area contributed by atoms with Crippen LogP contribution in [-0.4, -0.2) is 32.9 Å². The van der Waals surface area contributed by atoms with Crippen molar-refractivity contribution in [3.05, 3.63) is 6.20 Å². The van der Waals surface area contributed by atoms with Gasteiger partial charge in [0.05, 0.1) is 6.20 Å². The molecule has 104 valence electrons. The van der Waals surface area contributed by atoms with Gasteiger partial charge in [-0.2, -0.15) is 9.90 Å². The minimum Gasteiger partial charge on any atom is -0.352 e. The standard InChI is InChI=1S/C12H19N5O2/c1-9(18)14-11-7-13-17(16-11)8-12(19)15-10-5-3-2-4-6-10/h7,10H,2-6,8H2,1H3,(H,15,19)(H,14,16,18). The molecule has 2 rings (SSSR count). The van der Waals surface area contributed by atoms with Crippen LogP contribution in [0.5, 0.6) is 0 Å². The van der Waals surface area contributed by atoms with E-state index in [-0.39, 0.29) is 24.4 Å². The van der Waals surface area contributed by atoms with Crippen molar-refractivity contribution < 1.29 is 9.59 Å². The molecule has 0 unspecified atom stereocenters. The molecule has 7 nitrogen and oxygen atoms in total. The van der Waals surface area contributed by atoms with Gasteiger partial charge in [-0.15, -0.1) is 5.10 Å². The largest absolute Gasteiger partial charge is 0.352 e. The van der Waals surface area contributed by atoms with E-state index in [1.807, 2.05) is 0 Å². The molecule has 1 aliphatic rings. The van der Waals surface area contributed by atoms with Gasteiger partial charge in [-0.25, -0.2) is 0 Å². The first-order chi connectivity index (χ1) is 9.13. The highest BCUT2D eigenvalue weighted by atomic mass is 16.2. The Balaban J connectivity index is 1.81. The Hall–Kier alpha value is -1.92. The van der Waals surface area contributed by atoms with E-state index in [0.29, 0.717) is 5.82 Å². The van der Waals surface area contributed by atoms with E-state index in [2.05, 4.69) is 20.8 Å². The minimum absolute atomic E-state index is 0.0794. The van der Waals surface area contributed by atoms with Gasteiger partial charge in [-0.3, -0.25) is 9.59 Å². The normalized spacial score (nSPS) is 16.1. The third-order valence-electron chi connectivity index (χ3n) is 3.10. The molecule has 7 heteroatoms. The average Bonchev–Trinajstić information content (AvgIpc) is 2.76. The molecule has 0 spiro atoms. The number of hydrogen-bond donors (Lipinski definition) is 2. The molecule has 0 atom stereocenters. The van der Waals surface area contributed by atoms with Crippen LogP contribution in [-0.2, 0) is 16.1 Å². The summed E-state index contributed by atoms with van der Waals surface area (Å²) in [5, 5.41) is 13.4. The van der Waals surface area contributed by atoms with E-state index in [1.165, 1.54) is 37.2 Å². The molecule has 0 saturated heterocycles. The summed E-state index contributed by atoms with van der Waals surface area (Å²) < 4.78 is 0. The maximum Gasteiger partial charge on any atom is 0.243 e. The summed E-state index contributed by atoms with van der Waals surface area (Å²) in [6.45, 7) is 1.48. The number of nitrogens with zero attached hydrogens (tertiary/aromatic N) is 3. The summed E-state index contributed by atoms with van der Waals surface area (Å²) >= 11 is 0. The van der Waals surface area contributed by atoms with Crippen molar-refractivity contribution in [2.45, 2.75) is 51.6 Å². The van der Waals surface area contributed by atoms with E-state index in [9.17, 15) is 9.59 Å². The SMILES string of the molecule is CC(=O)Nc1cnn(CC(=O)NC2CCCCC2)n1. The molecule has 1 saturated carbocycles. The second-order valence-corrected chi connectivity index (χ2v) is 4.84. The quantitative estimate of drug-likeness (QED) is 0.838. The van der Waals surface area contributed by atoms with E-state index >= 15 is 0 Å². The lowest BCUT2D eigenvalue weighted by molar-refractivity contribution is -0.123.